The monoisotopic (exact) mass is 365 g/mol. The van der Waals surface area contributed by atoms with E-state index in [0.717, 1.165) is 17.7 Å². The fraction of sp³-hybridized carbons (Fsp3) is 0.263. The number of halogens is 3. The van der Waals surface area contributed by atoms with E-state index >= 15 is 0 Å². The Bertz CT molecular complexity index is 743. The molecule has 4 nitrogen and oxygen atoms in total. The predicted molar refractivity (Wildman–Crippen MR) is 89.4 cm³/mol. The van der Waals surface area contributed by atoms with Crippen LogP contribution in [-0.4, -0.2) is 23.5 Å². The van der Waals surface area contributed by atoms with Crippen molar-refractivity contribution in [3.63, 3.8) is 0 Å². The van der Waals surface area contributed by atoms with Crippen LogP contribution in [0.4, 0.5) is 13.2 Å². The molecule has 1 atom stereocenters. The Labute approximate surface area is 148 Å². The molecule has 0 aliphatic carbocycles. The summed E-state index contributed by atoms with van der Waals surface area (Å²) in [4.78, 5) is 23.3. The second-order valence-corrected chi connectivity index (χ2v) is 5.90. The van der Waals surface area contributed by atoms with Crippen molar-refractivity contribution in [2.75, 3.05) is 6.54 Å². The summed E-state index contributed by atoms with van der Waals surface area (Å²) in [6, 6.07) is 13.3. The summed E-state index contributed by atoms with van der Waals surface area (Å²) in [5.41, 5.74) is 0.484. The molecule has 1 amide bonds. The minimum atomic E-state index is -4.42. The summed E-state index contributed by atoms with van der Waals surface area (Å²) in [5, 5.41) is 11.8. The third-order valence-electron chi connectivity index (χ3n) is 3.87. The van der Waals surface area contributed by atoms with E-state index in [1.165, 1.54) is 12.1 Å². The zero-order chi connectivity index (χ0) is 19.2. The van der Waals surface area contributed by atoms with Gasteiger partial charge < -0.3 is 10.4 Å². The lowest BCUT2D eigenvalue weighted by Crippen LogP contribution is -2.34. The number of nitrogens with one attached hydrogen (secondary N) is 1. The van der Waals surface area contributed by atoms with E-state index in [4.69, 9.17) is 0 Å². The highest BCUT2D eigenvalue weighted by atomic mass is 19.4. The number of hydrogen-bond donors (Lipinski definition) is 2. The van der Waals surface area contributed by atoms with Gasteiger partial charge >= 0.3 is 12.1 Å². The van der Waals surface area contributed by atoms with Gasteiger partial charge in [0.25, 0.3) is 0 Å². The maximum Gasteiger partial charge on any atom is 0.416 e. The minimum Gasteiger partial charge on any atom is -0.481 e. The van der Waals surface area contributed by atoms with Gasteiger partial charge in [0.05, 0.1) is 17.9 Å². The molecule has 2 aromatic rings. The number of carbonyl (C=O) groups excluding carboxylic acids is 1. The number of amides is 1. The van der Waals surface area contributed by atoms with Crippen LogP contribution in [0.25, 0.3) is 0 Å². The molecule has 26 heavy (non-hydrogen) atoms. The van der Waals surface area contributed by atoms with Crippen LogP contribution in [-0.2, 0) is 28.6 Å². The molecule has 0 heterocycles. The lowest BCUT2D eigenvalue weighted by atomic mass is 9.99. The third-order valence-corrected chi connectivity index (χ3v) is 3.87. The number of carboxylic acids is 1. The third kappa shape index (κ3) is 5.91. The molecule has 0 fully saturated rings. The molecule has 7 heteroatoms. The van der Waals surface area contributed by atoms with E-state index in [1.807, 2.05) is 6.07 Å². The molecule has 0 spiro atoms. The summed E-state index contributed by atoms with van der Waals surface area (Å²) < 4.78 is 37.5. The van der Waals surface area contributed by atoms with E-state index in [1.54, 1.807) is 24.3 Å². The summed E-state index contributed by atoms with van der Waals surface area (Å²) >= 11 is 0. The molecular weight excluding hydrogens is 347 g/mol. The van der Waals surface area contributed by atoms with Gasteiger partial charge in [0, 0.05) is 6.54 Å². The second kappa shape index (κ2) is 8.51. The Balaban J connectivity index is 1.89. The molecule has 0 radical (unpaired) electrons. The number of hydrogen-bond acceptors (Lipinski definition) is 2. The Morgan fingerprint density at radius 1 is 0.962 bits per heavy atom. The largest absolute Gasteiger partial charge is 0.481 e. The zero-order valence-electron chi connectivity index (χ0n) is 13.8. The highest BCUT2D eigenvalue weighted by molar-refractivity contribution is 5.79. The Hall–Kier alpha value is -2.83. The lowest BCUT2D eigenvalue weighted by Gasteiger charge is -2.14. The van der Waals surface area contributed by atoms with Crippen molar-refractivity contribution < 1.29 is 27.9 Å². The van der Waals surface area contributed by atoms with Gasteiger partial charge in [-0.1, -0.05) is 42.5 Å². The Kier molecular flexibility index (Phi) is 6.38. The lowest BCUT2D eigenvalue weighted by molar-refractivity contribution is -0.141. The number of carboxylic acid groups (broad SMARTS) is 1. The molecule has 0 saturated carbocycles. The van der Waals surface area contributed by atoms with Crippen LogP contribution < -0.4 is 5.32 Å². The van der Waals surface area contributed by atoms with Crippen LogP contribution in [0.2, 0.25) is 0 Å². The SMILES string of the molecule is O=C(Cc1ccc(C(F)(F)F)cc1)NCC(Cc1ccccc1)C(=O)O. The summed E-state index contributed by atoms with van der Waals surface area (Å²) in [6.07, 6.45) is -4.26. The first-order valence-electron chi connectivity index (χ1n) is 7.95. The first-order valence-corrected chi connectivity index (χ1v) is 7.95. The van der Waals surface area contributed by atoms with Crippen molar-refractivity contribution in [3.8, 4) is 0 Å². The first kappa shape index (κ1) is 19.5. The second-order valence-electron chi connectivity index (χ2n) is 5.90. The molecule has 2 N–H and O–H groups in total. The first-order chi connectivity index (χ1) is 12.3. The van der Waals surface area contributed by atoms with Crippen LogP contribution >= 0.6 is 0 Å². The highest BCUT2D eigenvalue weighted by Gasteiger charge is 2.30. The van der Waals surface area contributed by atoms with Crippen LogP contribution in [0.3, 0.4) is 0 Å². The molecule has 1 unspecified atom stereocenters. The van der Waals surface area contributed by atoms with Gasteiger partial charge in [-0.2, -0.15) is 13.2 Å². The number of alkyl halides is 3. The average Bonchev–Trinajstić information content (AvgIpc) is 2.59. The molecule has 0 aromatic heterocycles. The van der Waals surface area contributed by atoms with E-state index in [9.17, 15) is 27.9 Å². The van der Waals surface area contributed by atoms with Gasteiger partial charge in [0.2, 0.25) is 5.91 Å². The molecule has 0 bridgehead atoms. The van der Waals surface area contributed by atoms with Crippen molar-refractivity contribution in [2.45, 2.75) is 19.0 Å². The topological polar surface area (TPSA) is 66.4 Å². The number of carbonyl (C=O) groups is 2. The Morgan fingerprint density at radius 2 is 1.58 bits per heavy atom. The molecule has 0 saturated heterocycles. The van der Waals surface area contributed by atoms with E-state index in [2.05, 4.69) is 5.32 Å². The molecule has 0 aliphatic rings. The van der Waals surface area contributed by atoms with Crippen LogP contribution in [0, 0.1) is 5.92 Å². The minimum absolute atomic E-state index is 0.0519. The van der Waals surface area contributed by atoms with Crippen LogP contribution in [0.1, 0.15) is 16.7 Å². The van der Waals surface area contributed by atoms with Gasteiger partial charge in [0.15, 0.2) is 0 Å². The van der Waals surface area contributed by atoms with Gasteiger partial charge in [-0.3, -0.25) is 9.59 Å². The van der Waals surface area contributed by atoms with Crippen LogP contribution in [0.15, 0.2) is 54.6 Å². The molecular formula is C19H18F3NO3. The van der Waals surface area contributed by atoms with Crippen molar-refractivity contribution in [2.24, 2.45) is 5.92 Å². The van der Waals surface area contributed by atoms with Crippen molar-refractivity contribution >= 4 is 11.9 Å². The average molecular weight is 365 g/mol. The maximum atomic E-state index is 12.5. The zero-order valence-corrected chi connectivity index (χ0v) is 13.8. The fourth-order valence-corrected chi connectivity index (χ4v) is 2.44. The van der Waals surface area contributed by atoms with E-state index < -0.39 is 29.5 Å². The molecule has 0 aliphatic heterocycles. The number of rotatable bonds is 7. The molecule has 2 rings (SSSR count). The smallest absolute Gasteiger partial charge is 0.416 e. The Morgan fingerprint density at radius 3 is 2.12 bits per heavy atom. The van der Waals surface area contributed by atoms with Crippen LogP contribution in [0.5, 0.6) is 0 Å². The summed E-state index contributed by atoms with van der Waals surface area (Å²) in [7, 11) is 0. The summed E-state index contributed by atoms with van der Waals surface area (Å²) in [6.45, 7) is -0.0519. The van der Waals surface area contributed by atoms with Gasteiger partial charge in [0.1, 0.15) is 0 Å². The fourth-order valence-electron chi connectivity index (χ4n) is 2.44. The normalized spacial score (nSPS) is 12.4. The molecule has 2 aromatic carbocycles. The standard InChI is InChI=1S/C19H18F3NO3/c20-19(21,22)16-8-6-14(7-9-16)11-17(24)23-12-15(18(25)26)10-13-4-2-1-3-5-13/h1-9,15H,10-12H2,(H,23,24)(H,25,26). The number of benzene rings is 2. The number of aliphatic carboxylic acids is 1. The highest BCUT2D eigenvalue weighted by Crippen LogP contribution is 2.29. The van der Waals surface area contributed by atoms with Gasteiger partial charge in [-0.05, 0) is 29.7 Å². The van der Waals surface area contributed by atoms with Gasteiger partial charge in [-0.25, -0.2) is 0 Å². The summed E-state index contributed by atoms with van der Waals surface area (Å²) in [5.74, 6) is -2.25. The van der Waals surface area contributed by atoms with E-state index in [-0.39, 0.29) is 19.4 Å². The quantitative estimate of drug-likeness (QED) is 0.791. The van der Waals surface area contributed by atoms with Crippen molar-refractivity contribution in [1.29, 1.82) is 0 Å². The maximum absolute atomic E-state index is 12.5. The van der Waals surface area contributed by atoms with Crippen molar-refractivity contribution in [1.82, 2.24) is 5.32 Å². The van der Waals surface area contributed by atoms with Crippen molar-refractivity contribution in [3.05, 3.63) is 71.3 Å². The molecule has 138 valence electrons. The van der Waals surface area contributed by atoms with E-state index in [0.29, 0.717) is 5.56 Å². The van der Waals surface area contributed by atoms with Gasteiger partial charge in [-0.15, -0.1) is 0 Å². The predicted octanol–water partition coefficient (Wildman–Crippen LogP) is 3.31.